The molecule has 0 saturated heterocycles. The molecule has 3 nitrogen and oxygen atoms in total. The third-order valence-electron chi connectivity index (χ3n) is 2.21. The number of thioether (sulfide) groups is 1. The first kappa shape index (κ1) is 11.7. The SMILES string of the molecule is CSC1=NC(=CC=Cc2ccccc2)C(=O)N1. The molecule has 0 fully saturated rings. The fraction of sp³-hybridized carbons (Fsp3) is 0.0769. The number of carbonyl (C=O) groups is 1. The molecule has 0 saturated carbocycles. The van der Waals surface area contributed by atoms with Crippen LogP contribution in [0.5, 0.6) is 0 Å². The van der Waals surface area contributed by atoms with E-state index < -0.39 is 0 Å². The first-order valence-electron chi connectivity index (χ1n) is 5.17. The van der Waals surface area contributed by atoms with Crippen LogP contribution in [0.4, 0.5) is 0 Å². The van der Waals surface area contributed by atoms with Crippen LogP contribution in [0.2, 0.25) is 0 Å². The molecule has 0 atom stereocenters. The molecule has 2 rings (SSSR count). The molecule has 1 heterocycles. The Morgan fingerprint density at radius 2 is 2.06 bits per heavy atom. The van der Waals surface area contributed by atoms with E-state index >= 15 is 0 Å². The van der Waals surface area contributed by atoms with Gasteiger partial charge in [0.1, 0.15) is 5.70 Å². The van der Waals surface area contributed by atoms with Crippen molar-refractivity contribution in [2.75, 3.05) is 6.26 Å². The second kappa shape index (κ2) is 5.50. The van der Waals surface area contributed by atoms with E-state index in [4.69, 9.17) is 0 Å². The Hall–Kier alpha value is -1.81. The minimum atomic E-state index is -0.146. The van der Waals surface area contributed by atoms with Gasteiger partial charge in [-0.3, -0.25) is 10.1 Å². The molecular formula is C13H12N2OS. The summed E-state index contributed by atoms with van der Waals surface area (Å²) < 4.78 is 0. The summed E-state index contributed by atoms with van der Waals surface area (Å²) >= 11 is 1.42. The molecule has 0 unspecified atom stereocenters. The summed E-state index contributed by atoms with van der Waals surface area (Å²) in [5.74, 6) is -0.146. The minimum Gasteiger partial charge on any atom is -0.300 e. The maximum absolute atomic E-state index is 11.4. The number of aliphatic imine (C=N–C) groups is 1. The lowest BCUT2D eigenvalue weighted by Crippen LogP contribution is -2.21. The van der Waals surface area contributed by atoms with Gasteiger partial charge in [-0.15, -0.1) is 0 Å². The van der Waals surface area contributed by atoms with Gasteiger partial charge in [0.05, 0.1) is 0 Å². The van der Waals surface area contributed by atoms with Crippen molar-refractivity contribution in [2.24, 2.45) is 4.99 Å². The monoisotopic (exact) mass is 244 g/mol. The number of amides is 1. The van der Waals surface area contributed by atoms with Crippen LogP contribution in [0.25, 0.3) is 6.08 Å². The van der Waals surface area contributed by atoms with Crippen molar-refractivity contribution in [3.63, 3.8) is 0 Å². The van der Waals surface area contributed by atoms with Gasteiger partial charge in [0, 0.05) is 0 Å². The molecule has 86 valence electrons. The Kier molecular flexibility index (Phi) is 3.77. The summed E-state index contributed by atoms with van der Waals surface area (Å²) in [5, 5.41) is 3.32. The number of carbonyl (C=O) groups excluding carboxylic acids is 1. The number of nitrogens with zero attached hydrogens (tertiary/aromatic N) is 1. The van der Waals surface area contributed by atoms with Crippen LogP contribution in [0.3, 0.4) is 0 Å². The minimum absolute atomic E-state index is 0.146. The Labute approximate surface area is 104 Å². The summed E-state index contributed by atoms with van der Waals surface area (Å²) in [7, 11) is 0. The highest BCUT2D eigenvalue weighted by atomic mass is 32.2. The van der Waals surface area contributed by atoms with Gasteiger partial charge >= 0.3 is 0 Å². The van der Waals surface area contributed by atoms with Crippen molar-refractivity contribution in [1.82, 2.24) is 5.32 Å². The molecule has 1 aliphatic rings. The average molecular weight is 244 g/mol. The summed E-state index contributed by atoms with van der Waals surface area (Å²) in [6, 6.07) is 9.91. The van der Waals surface area contributed by atoms with Crippen LogP contribution in [-0.2, 0) is 4.79 Å². The second-order valence-electron chi connectivity index (χ2n) is 3.40. The predicted octanol–water partition coefficient (Wildman–Crippen LogP) is 2.43. The van der Waals surface area contributed by atoms with Crippen LogP contribution < -0.4 is 5.32 Å². The van der Waals surface area contributed by atoms with Crippen LogP contribution in [-0.4, -0.2) is 17.3 Å². The van der Waals surface area contributed by atoms with Gasteiger partial charge in [-0.1, -0.05) is 54.2 Å². The average Bonchev–Trinajstić information content (AvgIpc) is 2.72. The highest BCUT2D eigenvalue weighted by Gasteiger charge is 2.17. The molecule has 1 aliphatic heterocycles. The van der Waals surface area contributed by atoms with E-state index in [0.29, 0.717) is 10.9 Å². The number of allylic oxidation sites excluding steroid dienone is 2. The van der Waals surface area contributed by atoms with Crippen molar-refractivity contribution >= 4 is 28.9 Å². The van der Waals surface area contributed by atoms with E-state index in [9.17, 15) is 4.79 Å². The molecule has 0 bridgehead atoms. The summed E-state index contributed by atoms with van der Waals surface area (Å²) in [6.45, 7) is 0. The largest absolute Gasteiger partial charge is 0.300 e. The van der Waals surface area contributed by atoms with Crippen molar-refractivity contribution in [3.05, 3.63) is 53.7 Å². The molecule has 0 radical (unpaired) electrons. The van der Waals surface area contributed by atoms with E-state index in [1.807, 2.05) is 48.7 Å². The third kappa shape index (κ3) is 3.07. The molecule has 1 aromatic carbocycles. The zero-order valence-electron chi connectivity index (χ0n) is 9.38. The number of hydrogen-bond acceptors (Lipinski definition) is 3. The maximum atomic E-state index is 11.4. The molecule has 1 N–H and O–H groups in total. The first-order chi connectivity index (χ1) is 8.29. The number of rotatable bonds is 2. The van der Waals surface area contributed by atoms with Gasteiger partial charge in [-0.05, 0) is 17.9 Å². The molecule has 4 heteroatoms. The number of hydrogen-bond donors (Lipinski definition) is 1. The van der Waals surface area contributed by atoms with Crippen molar-refractivity contribution < 1.29 is 4.79 Å². The highest BCUT2D eigenvalue weighted by molar-refractivity contribution is 8.13. The van der Waals surface area contributed by atoms with E-state index in [1.165, 1.54) is 11.8 Å². The smallest absolute Gasteiger partial charge is 0.275 e. The third-order valence-corrected chi connectivity index (χ3v) is 2.79. The van der Waals surface area contributed by atoms with E-state index in [0.717, 1.165) is 5.56 Å². The first-order valence-corrected chi connectivity index (χ1v) is 6.39. The zero-order valence-corrected chi connectivity index (χ0v) is 10.2. The van der Waals surface area contributed by atoms with E-state index in [1.54, 1.807) is 6.08 Å². The van der Waals surface area contributed by atoms with E-state index in [2.05, 4.69) is 10.3 Å². The highest BCUT2D eigenvalue weighted by Crippen LogP contribution is 2.11. The van der Waals surface area contributed by atoms with E-state index in [-0.39, 0.29) is 5.91 Å². The number of nitrogens with one attached hydrogen (secondary N) is 1. The molecular weight excluding hydrogens is 232 g/mol. The van der Waals surface area contributed by atoms with Crippen LogP contribution in [0.1, 0.15) is 5.56 Å². The fourth-order valence-electron chi connectivity index (χ4n) is 1.37. The molecule has 17 heavy (non-hydrogen) atoms. The lowest BCUT2D eigenvalue weighted by Gasteiger charge is -1.90. The lowest BCUT2D eigenvalue weighted by atomic mass is 10.2. The van der Waals surface area contributed by atoms with Crippen LogP contribution in [0.15, 0.2) is 53.2 Å². The van der Waals surface area contributed by atoms with Gasteiger partial charge in [0.2, 0.25) is 0 Å². The van der Waals surface area contributed by atoms with Crippen molar-refractivity contribution in [1.29, 1.82) is 0 Å². The number of benzene rings is 1. The Morgan fingerprint density at radius 1 is 1.29 bits per heavy atom. The van der Waals surface area contributed by atoms with Gasteiger partial charge in [-0.25, -0.2) is 4.99 Å². The number of amidine groups is 1. The second-order valence-corrected chi connectivity index (χ2v) is 4.19. The normalized spacial score (nSPS) is 17.6. The summed E-state index contributed by atoms with van der Waals surface area (Å²) in [4.78, 5) is 15.6. The molecule has 0 aliphatic carbocycles. The standard InChI is InChI=1S/C13H12N2OS/c1-17-13-14-11(12(16)15-13)9-5-8-10-6-3-2-4-7-10/h2-9H,1H3,(H,14,15,16). The zero-order chi connectivity index (χ0) is 12.1. The Morgan fingerprint density at radius 3 is 2.71 bits per heavy atom. The van der Waals surface area contributed by atoms with Crippen molar-refractivity contribution in [2.45, 2.75) is 0 Å². The quantitative estimate of drug-likeness (QED) is 0.812. The Balaban J connectivity index is 2.09. The van der Waals surface area contributed by atoms with Gasteiger partial charge in [0.15, 0.2) is 5.17 Å². The topological polar surface area (TPSA) is 41.5 Å². The maximum Gasteiger partial charge on any atom is 0.275 e. The van der Waals surface area contributed by atoms with Crippen LogP contribution >= 0.6 is 11.8 Å². The molecule has 0 aromatic heterocycles. The van der Waals surface area contributed by atoms with Gasteiger partial charge < -0.3 is 0 Å². The molecule has 1 aromatic rings. The summed E-state index contributed by atoms with van der Waals surface area (Å²) in [5.41, 5.74) is 1.54. The van der Waals surface area contributed by atoms with Crippen molar-refractivity contribution in [3.8, 4) is 0 Å². The molecule has 0 spiro atoms. The predicted molar refractivity (Wildman–Crippen MR) is 72.7 cm³/mol. The van der Waals surface area contributed by atoms with Gasteiger partial charge in [0.25, 0.3) is 5.91 Å². The van der Waals surface area contributed by atoms with Gasteiger partial charge in [-0.2, -0.15) is 0 Å². The Bertz CT molecular complexity index is 503. The lowest BCUT2D eigenvalue weighted by molar-refractivity contribution is -0.115. The summed E-state index contributed by atoms with van der Waals surface area (Å²) in [6.07, 6.45) is 7.36. The fourth-order valence-corrected chi connectivity index (χ4v) is 1.76. The van der Waals surface area contributed by atoms with Crippen LogP contribution in [0, 0.1) is 0 Å². The molecule has 1 amide bonds.